The molecule has 2 N–H and O–H groups in total. The molecule has 136 valence electrons. The Labute approximate surface area is 152 Å². The van der Waals surface area contributed by atoms with Crippen LogP contribution in [0.2, 0.25) is 0 Å². The molecule has 1 aliphatic carbocycles. The third-order valence-corrected chi connectivity index (χ3v) is 5.68. The number of urea groups is 1. The molecule has 0 spiro atoms. The van der Waals surface area contributed by atoms with E-state index in [0.29, 0.717) is 12.0 Å². The van der Waals surface area contributed by atoms with Gasteiger partial charge in [-0.1, -0.05) is 44.2 Å². The van der Waals surface area contributed by atoms with Crippen molar-refractivity contribution in [3.05, 3.63) is 47.2 Å². The standard InChI is InChI=1S/C20H23N3O3/c1-20(2)9-12-15(13(24)10-20)14(11-7-5-4-6-8-11)16-17(21-12)23(3)19(26)22-18(16)25/h4-8,14,16-17,21H,9-10H2,1-3H3,(H,22,25,26). The molecule has 3 atom stereocenters. The smallest absolute Gasteiger partial charge is 0.325 e. The summed E-state index contributed by atoms with van der Waals surface area (Å²) in [5, 5.41) is 5.79. The van der Waals surface area contributed by atoms with Gasteiger partial charge < -0.3 is 10.2 Å². The molecular weight excluding hydrogens is 330 g/mol. The molecule has 0 bridgehead atoms. The number of benzene rings is 1. The van der Waals surface area contributed by atoms with Gasteiger partial charge in [-0.15, -0.1) is 0 Å². The molecule has 26 heavy (non-hydrogen) atoms. The van der Waals surface area contributed by atoms with Crippen LogP contribution in [0.5, 0.6) is 0 Å². The molecule has 1 aromatic carbocycles. The highest BCUT2D eigenvalue weighted by Crippen LogP contribution is 2.48. The van der Waals surface area contributed by atoms with E-state index in [9.17, 15) is 14.4 Å². The van der Waals surface area contributed by atoms with E-state index in [1.54, 1.807) is 7.05 Å². The molecule has 3 unspecified atom stereocenters. The summed E-state index contributed by atoms with van der Waals surface area (Å²) in [6.45, 7) is 4.14. The van der Waals surface area contributed by atoms with E-state index in [2.05, 4.69) is 24.5 Å². The van der Waals surface area contributed by atoms with Crippen LogP contribution in [0.1, 0.15) is 38.2 Å². The van der Waals surface area contributed by atoms with Gasteiger partial charge >= 0.3 is 6.03 Å². The van der Waals surface area contributed by atoms with Gasteiger partial charge in [0.2, 0.25) is 5.91 Å². The number of allylic oxidation sites excluding steroid dienone is 2. The molecule has 4 rings (SSSR count). The maximum Gasteiger partial charge on any atom is 0.325 e. The van der Waals surface area contributed by atoms with Gasteiger partial charge in [-0.3, -0.25) is 14.9 Å². The lowest BCUT2D eigenvalue weighted by Gasteiger charge is -2.49. The van der Waals surface area contributed by atoms with Crippen molar-refractivity contribution in [3.8, 4) is 0 Å². The maximum absolute atomic E-state index is 13.0. The zero-order valence-corrected chi connectivity index (χ0v) is 15.2. The normalized spacial score (nSPS) is 30.3. The van der Waals surface area contributed by atoms with Crippen molar-refractivity contribution in [2.75, 3.05) is 7.05 Å². The molecule has 3 amide bonds. The second kappa shape index (κ2) is 5.69. The predicted molar refractivity (Wildman–Crippen MR) is 95.9 cm³/mol. The van der Waals surface area contributed by atoms with Gasteiger partial charge in [0, 0.05) is 30.7 Å². The molecule has 3 aliphatic rings. The lowest BCUT2D eigenvalue weighted by atomic mass is 9.66. The molecule has 2 aliphatic heterocycles. The Bertz CT molecular complexity index is 828. The first-order valence-corrected chi connectivity index (χ1v) is 8.94. The van der Waals surface area contributed by atoms with Crippen molar-refractivity contribution in [1.29, 1.82) is 0 Å². The quantitative estimate of drug-likeness (QED) is 0.811. The summed E-state index contributed by atoms with van der Waals surface area (Å²) >= 11 is 0. The van der Waals surface area contributed by atoms with Crippen molar-refractivity contribution >= 4 is 17.7 Å². The number of Topliss-reactive ketones (excluding diaryl/α,β-unsaturated/α-hetero) is 1. The Morgan fingerprint density at radius 2 is 1.77 bits per heavy atom. The fourth-order valence-electron chi connectivity index (χ4n) is 4.52. The summed E-state index contributed by atoms with van der Waals surface area (Å²) in [6, 6.07) is 9.24. The van der Waals surface area contributed by atoms with Crippen LogP contribution < -0.4 is 10.6 Å². The number of carbonyl (C=O) groups excluding carboxylic acids is 3. The second-order valence-electron chi connectivity index (χ2n) is 8.24. The number of amides is 3. The van der Waals surface area contributed by atoms with Crippen LogP contribution in [0.25, 0.3) is 0 Å². The highest BCUT2D eigenvalue weighted by molar-refractivity contribution is 6.04. The minimum atomic E-state index is -0.538. The van der Waals surface area contributed by atoms with E-state index in [1.165, 1.54) is 4.90 Å². The van der Waals surface area contributed by atoms with Crippen LogP contribution in [0.4, 0.5) is 4.79 Å². The highest BCUT2D eigenvalue weighted by Gasteiger charge is 2.52. The van der Waals surface area contributed by atoms with E-state index >= 15 is 0 Å². The number of nitrogens with one attached hydrogen (secondary N) is 2. The number of nitrogens with zero attached hydrogens (tertiary/aromatic N) is 1. The minimum Gasteiger partial charge on any atom is -0.367 e. The third kappa shape index (κ3) is 2.52. The summed E-state index contributed by atoms with van der Waals surface area (Å²) in [5.74, 6) is -1.13. The number of hydrogen-bond donors (Lipinski definition) is 2. The lowest BCUT2D eigenvalue weighted by Crippen LogP contribution is -2.67. The maximum atomic E-state index is 13.0. The molecule has 2 heterocycles. The topological polar surface area (TPSA) is 78.5 Å². The summed E-state index contributed by atoms with van der Waals surface area (Å²) < 4.78 is 0. The number of imide groups is 1. The fourth-order valence-corrected chi connectivity index (χ4v) is 4.52. The first-order chi connectivity index (χ1) is 12.3. The second-order valence-corrected chi connectivity index (χ2v) is 8.24. The Hall–Kier alpha value is -2.63. The number of ketones is 1. The molecular formula is C20H23N3O3. The van der Waals surface area contributed by atoms with Crippen molar-refractivity contribution in [3.63, 3.8) is 0 Å². The average Bonchev–Trinajstić information content (AvgIpc) is 2.57. The van der Waals surface area contributed by atoms with Gasteiger partial charge in [-0.2, -0.15) is 0 Å². The molecule has 1 fully saturated rings. The van der Waals surface area contributed by atoms with Crippen molar-refractivity contribution in [2.24, 2.45) is 11.3 Å². The van der Waals surface area contributed by atoms with Gasteiger partial charge in [-0.25, -0.2) is 4.79 Å². The molecule has 0 saturated carbocycles. The fraction of sp³-hybridized carbons (Fsp3) is 0.450. The number of hydrogen-bond acceptors (Lipinski definition) is 4. The number of fused-ring (bicyclic) bond motifs is 1. The number of carbonyl (C=O) groups is 3. The van der Waals surface area contributed by atoms with E-state index in [-0.39, 0.29) is 23.0 Å². The molecule has 0 aromatic heterocycles. The lowest BCUT2D eigenvalue weighted by molar-refractivity contribution is -0.130. The molecule has 6 heteroatoms. The Morgan fingerprint density at radius 3 is 2.46 bits per heavy atom. The van der Waals surface area contributed by atoms with E-state index in [0.717, 1.165) is 17.7 Å². The monoisotopic (exact) mass is 353 g/mol. The Balaban J connectivity index is 1.90. The predicted octanol–water partition coefficient (Wildman–Crippen LogP) is 2.14. The van der Waals surface area contributed by atoms with Crippen LogP contribution in [-0.2, 0) is 9.59 Å². The summed E-state index contributed by atoms with van der Waals surface area (Å²) in [6.07, 6.45) is 0.733. The zero-order valence-electron chi connectivity index (χ0n) is 15.2. The minimum absolute atomic E-state index is 0.0865. The van der Waals surface area contributed by atoms with Crippen LogP contribution in [0.3, 0.4) is 0 Å². The first-order valence-electron chi connectivity index (χ1n) is 8.94. The first kappa shape index (κ1) is 16.8. The van der Waals surface area contributed by atoms with E-state index < -0.39 is 18.1 Å². The number of rotatable bonds is 1. The van der Waals surface area contributed by atoms with Crippen LogP contribution in [-0.4, -0.2) is 35.8 Å². The van der Waals surface area contributed by atoms with Gasteiger partial charge in [-0.05, 0) is 17.4 Å². The molecule has 6 nitrogen and oxygen atoms in total. The summed E-state index contributed by atoms with van der Waals surface area (Å²) in [7, 11) is 1.68. The van der Waals surface area contributed by atoms with E-state index in [4.69, 9.17) is 0 Å². The van der Waals surface area contributed by atoms with E-state index in [1.807, 2.05) is 30.3 Å². The summed E-state index contributed by atoms with van der Waals surface area (Å²) in [5.41, 5.74) is 2.36. The third-order valence-electron chi connectivity index (χ3n) is 5.68. The molecule has 1 saturated heterocycles. The van der Waals surface area contributed by atoms with Crippen molar-refractivity contribution in [1.82, 2.24) is 15.5 Å². The van der Waals surface area contributed by atoms with Gasteiger partial charge in [0.25, 0.3) is 0 Å². The Morgan fingerprint density at radius 1 is 1.08 bits per heavy atom. The van der Waals surface area contributed by atoms with Crippen molar-refractivity contribution in [2.45, 2.75) is 38.8 Å². The summed E-state index contributed by atoms with van der Waals surface area (Å²) in [4.78, 5) is 39.4. The zero-order chi connectivity index (χ0) is 18.6. The van der Waals surface area contributed by atoms with Gasteiger partial charge in [0.05, 0.1) is 5.92 Å². The highest BCUT2D eigenvalue weighted by atomic mass is 16.2. The SMILES string of the molecule is CN1C(=O)NC(=O)C2C(c3ccccc3)C3=C(CC(C)(C)CC3=O)NC21. The largest absolute Gasteiger partial charge is 0.367 e. The van der Waals surface area contributed by atoms with Gasteiger partial charge in [0.1, 0.15) is 6.17 Å². The van der Waals surface area contributed by atoms with Crippen LogP contribution in [0, 0.1) is 11.3 Å². The van der Waals surface area contributed by atoms with Crippen LogP contribution >= 0.6 is 0 Å². The molecule has 0 radical (unpaired) electrons. The van der Waals surface area contributed by atoms with Gasteiger partial charge in [0.15, 0.2) is 5.78 Å². The van der Waals surface area contributed by atoms with Crippen molar-refractivity contribution < 1.29 is 14.4 Å². The Kier molecular flexibility index (Phi) is 3.68. The molecule has 1 aromatic rings. The average molecular weight is 353 g/mol. The van der Waals surface area contributed by atoms with Crippen LogP contribution in [0.15, 0.2) is 41.6 Å².